The molecule has 4 amide bonds. The molecule has 2 aromatic heterocycles. The number of halogens is 1. The van der Waals surface area contributed by atoms with Gasteiger partial charge in [-0.3, -0.25) is 15.5 Å². The third-order valence-electron chi connectivity index (χ3n) is 7.80. The number of amides is 4. The lowest BCUT2D eigenvalue weighted by atomic mass is 9.96. The lowest BCUT2D eigenvalue weighted by Gasteiger charge is -2.33. The predicted octanol–water partition coefficient (Wildman–Crippen LogP) is 6.92. The number of carbonyl (C=O) groups is 4. The van der Waals surface area contributed by atoms with E-state index in [-0.39, 0.29) is 52.7 Å². The molecule has 15 nitrogen and oxygen atoms in total. The molecule has 0 spiro atoms. The number of nitrogens with zero attached hydrogens (tertiary/aromatic N) is 4. The molecule has 5 rings (SSSR count). The van der Waals surface area contributed by atoms with Crippen molar-refractivity contribution >= 4 is 52.3 Å². The van der Waals surface area contributed by atoms with Gasteiger partial charge in [0.15, 0.2) is 5.82 Å². The number of aromatic nitrogens is 2. The van der Waals surface area contributed by atoms with Gasteiger partial charge in [-0.1, -0.05) is 0 Å². The first-order valence-corrected chi connectivity index (χ1v) is 16.1. The third-order valence-corrected chi connectivity index (χ3v) is 7.80. The van der Waals surface area contributed by atoms with Crippen molar-refractivity contribution in [1.82, 2.24) is 14.9 Å². The molecule has 0 saturated carbocycles. The smallest absolute Gasteiger partial charge is 0.413 e. The molecule has 0 atom stereocenters. The van der Waals surface area contributed by atoms with E-state index in [4.69, 9.17) is 18.9 Å². The summed E-state index contributed by atoms with van der Waals surface area (Å²) in [5, 5.41) is 15.5. The van der Waals surface area contributed by atoms with E-state index < -0.39 is 47.5 Å². The van der Waals surface area contributed by atoms with Crippen LogP contribution in [0.2, 0.25) is 0 Å². The van der Waals surface area contributed by atoms with E-state index in [0.29, 0.717) is 36.9 Å². The van der Waals surface area contributed by atoms with Crippen molar-refractivity contribution in [3.63, 3.8) is 0 Å². The lowest BCUT2D eigenvalue weighted by molar-refractivity contribution is 0.00789. The first-order chi connectivity index (χ1) is 23.4. The van der Waals surface area contributed by atoms with Crippen LogP contribution >= 0.6 is 0 Å². The van der Waals surface area contributed by atoms with Crippen LogP contribution in [0.3, 0.4) is 0 Å². The minimum Gasteiger partial charge on any atom is -0.474 e. The number of piperidine rings is 1. The second-order valence-electron chi connectivity index (χ2n) is 14.0. The first kappa shape index (κ1) is 35.9. The van der Waals surface area contributed by atoms with Crippen molar-refractivity contribution in [2.24, 2.45) is 0 Å². The SMILES string of the molecule is Cc1c(-c2cc3cc(NC(=O)OC4CCN(C(=O)OC(C)(C)C)CC4)ncc3c(NC(=O)OC(C)(C)C)c2F)cnc2c1N(C(=O)O)CCO2. The Labute approximate surface area is 288 Å². The highest BCUT2D eigenvalue weighted by atomic mass is 19.1. The first-order valence-electron chi connectivity index (χ1n) is 16.1. The van der Waals surface area contributed by atoms with Crippen molar-refractivity contribution in [2.75, 3.05) is 41.8 Å². The molecule has 1 fully saturated rings. The van der Waals surface area contributed by atoms with E-state index in [1.54, 1.807) is 53.4 Å². The van der Waals surface area contributed by atoms with Crippen LogP contribution < -0.4 is 20.3 Å². The molecule has 50 heavy (non-hydrogen) atoms. The maximum atomic E-state index is 16.5. The molecule has 0 aliphatic carbocycles. The van der Waals surface area contributed by atoms with Crippen LogP contribution in [-0.4, -0.2) is 87.9 Å². The van der Waals surface area contributed by atoms with E-state index in [1.807, 2.05) is 0 Å². The molecule has 268 valence electrons. The molecule has 2 aliphatic heterocycles. The molecule has 1 aromatic carbocycles. The average molecular weight is 697 g/mol. The van der Waals surface area contributed by atoms with E-state index >= 15 is 4.39 Å². The Kier molecular flexibility index (Phi) is 9.93. The normalized spacial score (nSPS) is 15.1. The van der Waals surface area contributed by atoms with Gasteiger partial charge in [0.1, 0.15) is 35.4 Å². The molecule has 3 N–H and O–H groups in total. The minimum absolute atomic E-state index is 0.0104. The highest BCUT2D eigenvalue weighted by Gasteiger charge is 2.31. The molecule has 2 aliphatic rings. The lowest BCUT2D eigenvalue weighted by Crippen LogP contribution is -2.44. The number of likely N-dealkylation sites (tertiary alicyclic amines) is 1. The number of hydrogen-bond donors (Lipinski definition) is 3. The van der Waals surface area contributed by atoms with Crippen LogP contribution in [0, 0.1) is 12.7 Å². The van der Waals surface area contributed by atoms with E-state index in [9.17, 15) is 24.3 Å². The summed E-state index contributed by atoms with van der Waals surface area (Å²) >= 11 is 0. The second-order valence-corrected chi connectivity index (χ2v) is 14.0. The van der Waals surface area contributed by atoms with Crippen molar-refractivity contribution in [3.8, 4) is 17.0 Å². The van der Waals surface area contributed by atoms with Crippen molar-refractivity contribution in [3.05, 3.63) is 35.9 Å². The molecule has 16 heteroatoms. The number of carboxylic acid groups (broad SMARTS) is 1. The van der Waals surface area contributed by atoms with Crippen LogP contribution in [-0.2, 0) is 14.2 Å². The minimum atomic E-state index is -1.22. The molecule has 0 unspecified atom stereocenters. The number of rotatable bonds is 4. The molecule has 0 radical (unpaired) electrons. The number of ether oxygens (including phenoxy) is 4. The standard InChI is InChI=1S/C34H41FN6O9/c1-18-22(16-37-28-27(18)41(31(44)45)12-13-47-28)21-14-19-15-24(36-17-23(19)26(25(21)35)39-30(43)49-33(2,3)4)38-29(42)48-20-8-10-40(11-9-20)32(46)50-34(5,6)7/h14-17,20H,8-13H2,1-7H3,(H,39,43)(H,44,45)(H,36,38,42). The van der Waals surface area contributed by atoms with Crippen molar-refractivity contribution in [2.45, 2.75) is 78.6 Å². The fourth-order valence-corrected chi connectivity index (χ4v) is 5.63. The molecular weight excluding hydrogens is 655 g/mol. The summed E-state index contributed by atoms with van der Waals surface area (Å²) in [6, 6.07) is 2.97. The summed E-state index contributed by atoms with van der Waals surface area (Å²) < 4.78 is 38.4. The third kappa shape index (κ3) is 8.23. The Bertz CT molecular complexity index is 1830. The molecule has 4 heterocycles. The molecular formula is C34H41FN6O9. The maximum Gasteiger partial charge on any atom is 0.413 e. The number of pyridine rings is 2. The summed E-state index contributed by atoms with van der Waals surface area (Å²) in [4.78, 5) is 61.3. The van der Waals surface area contributed by atoms with Crippen LogP contribution in [0.25, 0.3) is 21.9 Å². The number of carbonyl (C=O) groups excluding carboxylic acids is 3. The molecule has 3 aromatic rings. The van der Waals surface area contributed by atoms with Crippen molar-refractivity contribution in [1.29, 1.82) is 0 Å². The van der Waals surface area contributed by atoms with E-state index in [0.717, 1.165) is 4.90 Å². The van der Waals surface area contributed by atoms with Gasteiger partial charge in [0.2, 0.25) is 5.88 Å². The van der Waals surface area contributed by atoms with Gasteiger partial charge in [-0.05, 0) is 71.5 Å². The highest BCUT2D eigenvalue weighted by Crippen LogP contribution is 2.42. The monoisotopic (exact) mass is 696 g/mol. The Morgan fingerprint density at radius 1 is 0.920 bits per heavy atom. The fourth-order valence-electron chi connectivity index (χ4n) is 5.63. The Hall–Kier alpha value is -5.41. The zero-order valence-corrected chi connectivity index (χ0v) is 29.0. The fraction of sp³-hybridized carbons (Fsp3) is 0.471. The maximum absolute atomic E-state index is 16.5. The summed E-state index contributed by atoms with van der Waals surface area (Å²) in [6.45, 7) is 12.9. The highest BCUT2D eigenvalue weighted by molar-refractivity contribution is 6.04. The van der Waals surface area contributed by atoms with Crippen LogP contribution in [0.15, 0.2) is 24.5 Å². The summed E-state index contributed by atoms with van der Waals surface area (Å²) in [5.41, 5.74) is -0.947. The van der Waals surface area contributed by atoms with Gasteiger partial charge in [-0.15, -0.1) is 0 Å². The Morgan fingerprint density at radius 3 is 2.24 bits per heavy atom. The van der Waals surface area contributed by atoms with Gasteiger partial charge >= 0.3 is 24.4 Å². The predicted molar refractivity (Wildman–Crippen MR) is 181 cm³/mol. The van der Waals surface area contributed by atoms with Gasteiger partial charge in [0.05, 0.1) is 12.2 Å². The van der Waals surface area contributed by atoms with Gasteiger partial charge in [0.25, 0.3) is 0 Å². The zero-order chi connectivity index (χ0) is 36.5. The molecule has 1 saturated heterocycles. The number of hydrogen-bond acceptors (Lipinski definition) is 10. The zero-order valence-electron chi connectivity index (χ0n) is 29.0. The number of anilines is 3. The number of nitrogens with one attached hydrogen (secondary N) is 2. The van der Waals surface area contributed by atoms with Gasteiger partial charge < -0.3 is 29.0 Å². The van der Waals surface area contributed by atoms with E-state index in [1.165, 1.54) is 24.5 Å². The van der Waals surface area contributed by atoms with Crippen LogP contribution in [0.1, 0.15) is 59.9 Å². The Balaban J connectivity index is 1.44. The topological polar surface area (TPSA) is 182 Å². The summed E-state index contributed by atoms with van der Waals surface area (Å²) in [7, 11) is 0. The van der Waals surface area contributed by atoms with Crippen LogP contribution in [0.5, 0.6) is 5.88 Å². The van der Waals surface area contributed by atoms with Gasteiger partial charge in [0, 0.05) is 54.8 Å². The Morgan fingerprint density at radius 2 is 1.60 bits per heavy atom. The summed E-state index contributed by atoms with van der Waals surface area (Å²) in [5.74, 6) is -0.662. The van der Waals surface area contributed by atoms with Crippen molar-refractivity contribution < 1.29 is 47.6 Å². The largest absolute Gasteiger partial charge is 0.474 e. The molecule has 0 bridgehead atoms. The number of fused-ring (bicyclic) bond motifs is 2. The van der Waals surface area contributed by atoms with Gasteiger partial charge in [-0.25, -0.2) is 33.5 Å². The summed E-state index contributed by atoms with van der Waals surface area (Å²) in [6.07, 6.45) is -0.287. The van der Waals surface area contributed by atoms with E-state index in [2.05, 4.69) is 20.6 Å². The quantitative estimate of drug-likeness (QED) is 0.241. The van der Waals surface area contributed by atoms with Gasteiger partial charge in [-0.2, -0.15) is 0 Å². The average Bonchev–Trinajstić information content (AvgIpc) is 3.01. The van der Waals surface area contributed by atoms with Crippen LogP contribution in [0.4, 0.5) is 40.8 Å². The number of benzene rings is 1. The second kappa shape index (κ2) is 13.8.